The normalized spacial score (nSPS) is 21.9. The van der Waals surface area contributed by atoms with Crippen LogP contribution in [0.15, 0.2) is 4.52 Å². The molecular weight excluding hydrogens is 238 g/mol. The molecule has 2 heterocycles. The van der Waals surface area contributed by atoms with Gasteiger partial charge < -0.3 is 9.63 Å². The van der Waals surface area contributed by atoms with Crippen LogP contribution in [0.5, 0.6) is 0 Å². The van der Waals surface area contributed by atoms with E-state index in [1.807, 2.05) is 11.8 Å². The summed E-state index contributed by atoms with van der Waals surface area (Å²) < 4.78 is 5.23. The highest BCUT2D eigenvalue weighted by atomic mass is 32.2. The molecule has 0 bridgehead atoms. The highest BCUT2D eigenvalue weighted by molar-refractivity contribution is 7.99. The molecule has 0 aliphatic carbocycles. The molecule has 1 aliphatic heterocycles. The van der Waals surface area contributed by atoms with Crippen LogP contribution in [-0.2, 0) is 6.42 Å². The first-order valence-corrected chi connectivity index (χ1v) is 7.18. The van der Waals surface area contributed by atoms with Crippen molar-refractivity contribution in [2.24, 2.45) is 0 Å². The zero-order valence-electron chi connectivity index (χ0n) is 10.1. The smallest absolute Gasteiger partial charge is 0.226 e. The van der Waals surface area contributed by atoms with Crippen molar-refractivity contribution in [3.63, 3.8) is 0 Å². The topological polar surface area (TPSA) is 62.4 Å². The largest absolute Gasteiger partial charge is 0.396 e. The van der Waals surface area contributed by atoms with Crippen LogP contribution in [0.4, 0.5) is 0 Å². The summed E-state index contributed by atoms with van der Waals surface area (Å²) in [6.07, 6.45) is 2.45. The molecule has 1 aromatic rings. The highest BCUT2D eigenvalue weighted by Gasteiger charge is 2.25. The third-order valence-corrected chi connectivity index (χ3v) is 4.00. The van der Waals surface area contributed by atoms with Crippen LogP contribution in [0, 0.1) is 0 Å². The van der Waals surface area contributed by atoms with Gasteiger partial charge in [0.05, 0.1) is 6.04 Å². The molecule has 2 rings (SSSR count). The Balaban J connectivity index is 1.92. The van der Waals surface area contributed by atoms with E-state index in [0.717, 1.165) is 37.4 Å². The molecule has 1 fully saturated rings. The summed E-state index contributed by atoms with van der Waals surface area (Å²) >= 11 is 1.94. The summed E-state index contributed by atoms with van der Waals surface area (Å²) in [4.78, 5) is 6.72. The van der Waals surface area contributed by atoms with Crippen LogP contribution in [-0.4, -0.2) is 51.9 Å². The third kappa shape index (κ3) is 3.43. The number of unbranched alkanes of at least 4 members (excludes halogenated alkanes) is 1. The molecule has 96 valence electrons. The van der Waals surface area contributed by atoms with E-state index in [9.17, 15) is 0 Å². The van der Waals surface area contributed by atoms with Crippen LogP contribution >= 0.6 is 11.8 Å². The fourth-order valence-corrected chi connectivity index (χ4v) is 3.06. The van der Waals surface area contributed by atoms with E-state index in [-0.39, 0.29) is 12.6 Å². The lowest BCUT2D eigenvalue weighted by molar-refractivity contribution is 0.256. The minimum Gasteiger partial charge on any atom is -0.396 e. The molecule has 1 N–H and O–H groups in total. The van der Waals surface area contributed by atoms with Gasteiger partial charge in [-0.25, -0.2) is 0 Å². The number of hydrogen-bond donors (Lipinski definition) is 1. The fourth-order valence-electron chi connectivity index (χ4n) is 1.85. The molecule has 0 radical (unpaired) electrons. The Morgan fingerprint density at radius 2 is 2.41 bits per heavy atom. The second kappa shape index (κ2) is 6.37. The molecule has 6 heteroatoms. The quantitative estimate of drug-likeness (QED) is 0.797. The standard InChI is InChI=1S/C11H19N3O2S/c1-14-5-7-17-8-9(14)11-12-10(16-13-11)4-2-3-6-15/h9,15H,2-8H2,1H3. The fraction of sp³-hybridized carbons (Fsp3) is 0.818. The molecule has 1 atom stereocenters. The first-order chi connectivity index (χ1) is 8.31. The average Bonchev–Trinajstić information content (AvgIpc) is 2.79. The summed E-state index contributed by atoms with van der Waals surface area (Å²) in [6.45, 7) is 1.30. The van der Waals surface area contributed by atoms with E-state index < -0.39 is 0 Å². The Kier molecular flexibility index (Phi) is 4.82. The maximum Gasteiger partial charge on any atom is 0.226 e. The van der Waals surface area contributed by atoms with Gasteiger partial charge in [-0.3, -0.25) is 4.90 Å². The number of nitrogens with zero attached hydrogens (tertiary/aromatic N) is 3. The maximum atomic E-state index is 8.71. The van der Waals surface area contributed by atoms with Crippen LogP contribution in [0.2, 0.25) is 0 Å². The van der Waals surface area contributed by atoms with E-state index in [4.69, 9.17) is 9.63 Å². The Morgan fingerprint density at radius 3 is 3.18 bits per heavy atom. The molecular formula is C11H19N3O2S. The molecule has 0 aromatic carbocycles. The maximum absolute atomic E-state index is 8.71. The van der Waals surface area contributed by atoms with Crippen molar-refractivity contribution < 1.29 is 9.63 Å². The summed E-state index contributed by atoms with van der Waals surface area (Å²) in [5, 5.41) is 12.8. The number of aliphatic hydroxyl groups excluding tert-OH is 1. The molecule has 0 spiro atoms. The van der Waals surface area contributed by atoms with Crippen LogP contribution < -0.4 is 0 Å². The number of rotatable bonds is 5. The number of thioether (sulfide) groups is 1. The van der Waals surface area contributed by atoms with E-state index >= 15 is 0 Å². The lowest BCUT2D eigenvalue weighted by Crippen LogP contribution is -2.33. The Morgan fingerprint density at radius 1 is 1.53 bits per heavy atom. The van der Waals surface area contributed by atoms with Crippen molar-refractivity contribution >= 4 is 11.8 Å². The molecule has 5 nitrogen and oxygen atoms in total. The van der Waals surface area contributed by atoms with Crippen molar-refractivity contribution in [2.45, 2.75) is 25.3 Å². The van der Waals surface area contributed by atoms with Gasteiger partial charge >= 0.3 is 0 Å². The zero-order chi connectivity index (χ0) is 12.1. The first-order valence-electron chi connectivity index (χ1n) is 6.02. The molecule has 1 aliphatic rings. The Bertz CT molecular complexity index is 345. The average molecular weight is 257 g/mol. The first kappa shape index (κ1) is 12.9. The van der Waals surface area contributed by atoms with Crippen molar-refractivity contribution in [3.8, 4) is 0 Å². The van der Waals surface area contributed by atoms with Gasteiger partial charge in [-0.05, 0) is 19.9 Å². The van der Waals surface area contributed by atoms with E-state index in [2.05, 4.69) is 22.1 Å². The van der Waals surface area contributed by atoms with Crippen LogP contribution in [0.3, 0.4) is 0 Å². The minimum absolute atomic E-state index is 0.225. The monoisotopic (exact) mass is 257 g/mol. The number of hydrogen-bond acceptors (Lipinski definition) is 6. The van der Waals surface area contributed by atoms with Gasteiger partial charge in [-0.1, -0.05) is 5.16 Å². The SMILES string of the molecule is CN1CCSCC1c1noc(CCCCO)n1. The van der Waals surface area contributed by atoms with Crippen molar-refractivity contribution in [1.29, 1.82) is 0 Å². The summed E-state index contributed by atoms with van der Waals surface area (Å²) in [5.41, 5.74) is 0. The summed E-state index contributed by atoms with van der Waals surface area (Å²) in [6, 6.07) is 0.282. The van der Waals surface area contributed by atoms with Gasteiger partial charge in [0.2, 0.25) is 5.89 Å². The van der Waals surface area contributed by atoms with Gasteiger partial charge in [0.1, 0.15) is 0 Å². The molecule has 17 heavy (non-hydrogen) atoms. The van der Waals surface area contributed by atoms with Gasteiger partial charge in [0.25, 0.3) is 0 Å². The number of aromatic nitrogens is 2. The second-order valence-corrected chi connectivity index (χ2v) is 5.45. The lowest BCUT2D eigenvalue weighted by Gasteiger charge is -2.29. The summed E-state index contributed by atoms with van der Waals surface area (Å²) in [7, 11) is 2.10. The van der Waals surface area contributed by atoms with Crippen LogP contribution in [0.25, 0.3) is 0 Å². The zero-order valence-corrected chi connectivity index (χ0v) is 10.9. The van der Waals surface area contributed by atoms with E-state index in [1.54, 1.807) is 0 Å². The predicted octanol–water partition coefficient (Wildman–Crippen LogP) is 1.10. The van der Waals surface area contributed by atoms with E-state index in [0.29, 0.717) is 5.89 Å². The highest BCUT2D eigenvalue weighted by Crippen LogP contribution is 2.26. The Labute approximate surface area is 106 Å². The van der Waals surface area contributed by atoms with Gasteiger partial charge in [-0.15, -0.1) is 0 Å². The van der Waals surface area contributed by atoms with Gasteiger partial charge in [0, 0.05) is 31.1 Å². The minimum atomic E-state index is 0.225. The molecule has 1 aromatic heterocycles. The number of aryl methyl sites for hydroxylation is 1. The lowest BCUT2D eigenvalue weighted by atomic mass is 10.2. The molecule has 0 saturated carbocycles. The Hall–Kier alpha value is -0.590. The predicted molar refractivity (Wildman–Crippen MR) is 67.0 cm³/mol. The van der Waals surface area contributed by atoms with Crippen molar-refractivity contribution in [2.75, 3.05) is 31.7 Å². The third-order valence-electron chi connectivity index (χ3n) is 2.98. The van der Waals surface area contributed by atoms with Crippen molar-refractivity contribution in [3.05, 3.63) is 11.7 Å². The van der Waals surface area contributed by atoms with Crippen LogP contribution in [0.1, 0.15) is 30.6 Å². The molecule has 1 unspecified atom stereocenters. The number of aliphatic hydroxyl groups is 1. The summed E-state index contributed by atoms with van der Waals surface area (Å²) in [5.74, 6) is 3.71. The molecule has 0 amide bonds. The van der Waals surface area contributed by atoms with Gasteiger partial charge in [0.15, 0.2) is 5.82 Å². The van der Waals surface area contributed by atoms with Crippen molar-refractivity contribution in [1.82, 2.24) is 15.0 Å². The molecule has 1 saturated heterocycles. The van der Waals surface area contributed by atoms with Gasteiger partial charge in [-0.2, -0.15) is 16.7 Å². The van der Waals surface area contributed by atoms with E-state index in [1.165, 1.54) is 5.75 Å². The second-order valence-electron chi connectivity index (χ2n) is 4.30.